The molecule has 2 bridgehead atoms. The van der Waals surface area contributed by atoms with Crippen LogP contribution < -0.4 is 5.32 Å². The van der Waals surface area contributed by atoms with Gasteiger partial charge in [-0.25, -0.2) is 0 Å². The molecule has 0 heterocycles. The van der Waals surface area contributed by atoms with Gasteiger partial charge in [-0.3, -0.25) is 0 Å². The molecule has 21 heavy (non-hydrogen) atoms. The fourth-order valence-electron chi connectivity index (χ4n) is 4.44. The smallest absolute Gasteiger partial charge is 0.0164 e. The average Bonchev–Trinajstić information content (AvgIpc) is 3.09. The lowest BCUT2D eigenvalue weighted by molar-refractivity contribution is 0.287. The van der Waals surface area contributed by atoms with Crippen LogP contribution in [0, 0.1) is 24.7 Å². The Balaban J connectivity index is 1.53. The Morgan fingerprint density at radius 1 is 1.24 bits per heavy atom. The van der Waals surface area contributed by atoms with Gasteiger partial charge in [-0.2, -0.15) is 0 Å². The Morgan fingerprint density at radius 2 is 2.10 bits per heavy atom. The first-order valence-electron chi connectivity index (χ1n) is 8.68. The SMILES string of the molecule is CCNC(CSc1ccccc1C)CC1CC2CCC1C2. The van der Waals surface area contributed by atoms with Crippen molar-refractivity contribution in [2.45, 2.75) is 56.9 Å². The fourth-order valence-corrected chi connectivity index (χ4v) is 5.54. The first-order valence-corrected chi connectivity index (χ1v) is 9.66. The third kappa shape index (κ3) is 3.84. The molecule has 0 radical (unpaired) electrons. The van der Waals surface area contributed by atoms with E-state index in [1.54, 1.807) is 0 Å². The highest BCUT2D eigenvalue weighted by Gasteiger charge is 2.39. The van der Waals surface area contributed by atoms with Crippen LogP contribution in [0.2, 0.25) is 0 Å². The third-order valence-electron chi connectivity index (χ3n) is 5.50. The van der Waals surface area contributed by atoms with Gasteiger partial charge in [-0.1, -0.05) is 31.5 Å². The molecule has 3 rings (SSSR count). The molecule has 0 amide bonds. The largest absolute Gasteiger partial charge is 0.313 e. The normalized spacial score (nSPS) is 29.0. The van der Waals surface area contributed by atoms with Crippen LogP contribution in [0.25, 0.3) is 0 Å². The van der Waals surface area contributed by atoms with Gasteiger partial charge in [0.2, 0.25) is 0 Å². The van der Waals surface area contributed by atoms with Gasteiger partial charge < -0.3 is 5.32 Å². The predicted octanol–water partition coefficient (Wildman–Crippen LogP) is 4.89. The lowest BCUT2D eigenvalue weighted by Crippen LogP contribution is -2.34. The number of fused-ring (bicyclic) bond motifs is 2. The molecule has 0 saturated heterocycles. The monoisotopic (exact) mass is 303 g/mol. The minimum absolute atomic E-state index is 0.684. The van der Waals surface area contributed by atoms with Crippen LogP contribution in [0.5, 0.6) is 0 Å². The van der Waals surface area contributed by atoms with E-state index in [2.05, 4.69) is 43.4 Å². The Hall–Kier alpha value is -0.470. The van der Waals surface area contributed by atoms with E-state index >= 15 is 0 Å². The molecule has 4 atom stereocenters. The number of hydrogen-bond donors (Lipinski definition) is 1. The van der Waals surface area contributed by atoms with E-state index in [4.69, 9.17) is 0 Å². The van der Waals surface area contributed by atoms with Gasteiger partial charge in [0.05, 0.1) is 0 Å². The van der Waals surface area contributed by atoms with Crippen molar-refractivity contribution >= 4 is 11.8 Å². The molecule has 2 aliphatic carbocycles. The highest BCUT2D eigenvalue weighted by Crippen LogP contribution is 2.50. The molecule has 116 valence electrons. The second-order valence-electron chi connectivity index (χ2n) is 7.00. The van der Waals surface area contributed by atoms with E-state index in [9.17, 15) is 0 Å². The highest BCUT2D eigenvalue weighted by molar-refractivity contribution is 7.99. The molecule has 1 nitrogen and oxygen atoms in total. The van der Waals surface area contributed by atoms with Crippen LogP contribution >= 0.6 is 11.8 Å². The molecule has 1 aromatic rings. The summed E-state index contributed by atoms with van der Waals surface area (Å²) >= 11 is 2.04. The second kappa shape index (κ2) is 7.19. The van der Waals surface area contributed by atoms with Gasteiger partial charge in [-0.05, 0) is 68.5 Å². The molecule has 2 heteroatoms. The van der Waals surface area contributed by atoms with E-state index in [1.165, 1.54) is 48.3 Å². The molecule has 0 aliphatic heterocycles. The first kappa shape index (κ1) is 15.4. The Labute approximate surface area is 134 Å². The van der Waals surface area contributed by atoms with Crippen LogP contribution in [-0.4, -0.2) is 18.3 Å². The number of aryl methyl sites for hydroxylation is 1. The Bertz CT molecular complexity index is 459. The lowest BCUT2D eigenvalue weighted by Gasteiger charge is -2.27. The molecular weight excluding hydrogens is 274 g/mol. The average molecular weight is 304 g/mol. The fraction of sp³-hybridized carbons (Fsp3) is 0.684. The second-order valence-corrected chi connectivity index (χ2v) is 8.06. The Kier molecular flexibility index (Phi) is 5.29. The quantitative estimate of drug-likeness (QED) is 0.720. The maximum absolute atomic E-state index is 3.74. The Morgan fingerprint density at radius 3 is 2.76 bits per heavy atom. The topological polar surface area (TPSA) is 12.0 Å². The van der Waals surface area contributed by atoms with Gasteiger partial charge in [0, 0.05) is 16.7 Å². The standard InChI is InChI=1S/C19H29NS/c1-3-20-18(12-17-11-15-8-9-16(17)10-15)13-21-19-7-5-4-6-14(19)2/h4-7,15-18,20H,3,8-13H2,1-2H3. The van der Waals surface area contributed by atoms with Crippen LogP contribution in [0.3, 0.4) is 0 Å². The number of rotatable bonds is 7. The number of thioether (sulfide) groups is 1. The maximum atomic E-state index is 3.74. The van der Waals surface area contributed by atoms with Gasteiger partial charge in [0.1, 0.15) is 0 Å². The van der Waals surface area contributed by atoms with E-state index in [1.807, 2.05) is 11.8 Å². The minimum Gasteiger partial charge on any atom is -0.313 e. The number of hydrogen-bond acceptors (Lipinski definition) is 2. The maximum Gasteiger partial charge on any atom is 0.0164 e. The summed E-state index contributed by atoms with van der Waals surface area (Å²) in [5.41, 5.74) is 1.41. The molecular formula is C19H29NS. The van der Waals surface area contributed by atoms with Crippen molar-refractivity contribution in [2.24, 2.45) is 17.8 Å². The van der Waals surface area contributed by atoms with Crippen molar-refractivity contribution in [2.75, 3.05) is 12.3 Å². The summed E-state index contributed by atoms with van der Waals surface area (Å²) in [6.45, 7) is 5.56. The third-order valence-corrected chi connectivity index (χ3v) is 6.84. The molecule has 1 aromatic carbocycles. The summed E-state index contributed by atoms with van der Waals surface area (Å²) in [4.78, 5) is 1.45. The van der Waals surface area contributed by atoms with Gasteiger partial charge in [-0.15, -0.1) is 11.8 Å². The zero-order valence-electron chi connectivity index (χ0n) is 13.5. The summed E-state index contributed by atoms with van der Waals surface area (Å²) in [5.74, 6) is 4.35. The van der Waals surface area contributed by atoms with E-state index in [0.29, 0.717) is 6.04 Å². The molecule has 4 unspecified atom stereocenters. The van der Waals surface area contributed by atoms with E-state index in [-0.39, 0.29) is 0 Å². The lowest BCUT2D eigenvalue weighted by atomic mass is 9.84. The zero-order valence-corrected chi connectivity index (χ0v) is 14.3. The molecule has 1 N–H and O–H groups in total. The summed E-state index contributed by atoms with van der Waals surface area (Å²) in [5, 5.41) is 3.74. The van der Waals surface area contributed by atoms with Gasteiger partial charge in [0.25, 0.3) is 0 Å². The van der Waals surface area contributed by atoms with Crippen LogP contribution in [-0.2, 0) is 0 Å². The van der Waals surface area contributed by atoms with Crippen molar-refractivity contribution in [1.29, 1.82) is 0 Å². The molecule has 0 aromatic heterocycles. The number of nitrogens with one attached hydrogen (secondary N) is 1. The van der Waals surface area contributed by atoms with Gasteiger partial charge >= 0.3 is 0 Å². The molecule has 2 saturated carbocycles. The summed E-state index contributed by atoms with van der Waals surface area (Å²) in [7, 11) is 0. The van der Waals surface area contributed by atoms with Crippen molar-refractivity contribution in [1.82, 2.24) is 5.32 Å². The van der Waals surface area contributed by atoms with Crippen molar-refractivity contribution in [3.8, 4) is 0 Å². The van der Waals surface area contributed by atoms with E-state index in [0.717, 1.165) is 24.3 Å². The van der Waals surface area contributed by atoms with Crippen molar-refractivity contribution < 1.29 is 0 Å². The predicted molar refractivity (Wildman–Crippen MR) is 92.9 cm³/mol. The van der Waals surface area contributed by atoms with Crippen LogP contribution in [0.15, 0.2) is 29.2 Å². The summed E-state index contributed by atoms with van der Waals surface area (Å²) in [6, 6.07) is 9.47. The van der Waals surface area contributed by atoms with E-state index < -0.39 is 0 Å². The van der Waals surface area contributed by atoms with Gasteiger partial charge in [0.15, 0.2) is 0 Å². The summed E-state index contributed by atoms with van der Waals surface area (Å²) in [6.07, 6.45) is 7.48. The summed E-state index contributed by atoms with van der Waals surface area (Å²) < 4.78 is 0. The molecule has 0 spiro atoms. The van der Waals surface area contributed by atoms with Crippen molar-refractivity contribution in [3.05, 3.63) is 29.8 Å². The minimum atomic E-state index is 0.684. The zero-order chi connectivity index (χ0) is 14.7. The van der Waals surface area contributed by atoms with Crippen LogP contribution in [0.1, 0.15) is 44.6 Å². The highest BCUT2D eigenvalue weighted by atomic mass is 32.2. The number of benzene rings is 1. The first-order chi connectivity index (χ1) is 10.3. The van der Waals surface area contributed by atoms with Crippen molar-refractivity contribution in [3.63, 3.8) is 0 Å². The van der Waals surface area contributed by atoms with Crippen LogP contribution in [0.4, 0.5) is 0 Å². The molecule has 2 fully saturated rings. The molecule has 2 aliphatic rings.